The molecule has 1 aliphatic rings. The largest absolute Gasteiger partial charge is 0.264 e. The van der Waals surface area contributed by atoms with Crippen molar-refractivity contribution in [2.45, 2.75) is 6.92 Å². The highest BCUT2D eigenvalue weighted by Crippen LogP contribution is 2.28. The summed E-state index contributed by atoms with van der Waals surface area (Å²) in [5, 5.41) is 5.80. The second-order valence-electron chi connectivity index (χ2n) is 6.95. The van der Waals surface area contributed by atoms with Gasteiger partial charge in [0.1, 0.15) is 0 Å². The van der Waals surface area contributed by atoms with Crippen LogP contribution in [0.15, 0.2) is 97.3 Å². The molecule has 0 spiro atoms. The highest BCUT2D eigenvalue weighted by Gasteiger charge is 2.48. The Morgan fingerprint density at radius 3 is 1.96 bits per heavy atom. The monoisotopic (exact) mass is 349 g/mol. The van der Waals surface area contributed by atoms with Gasteiger partial charge in [-0.3, -0.25) is 4.98 Å². The maximum absolute atomic E-state index is 4.45. The average Bonchev–Trinajstić information content (AvgIpc) is 3.00. The molecule has 2 heterocycles. The van der Waals surface area contributed by atoms with Crippen molar-refractivity contribution in [1.29, 1.82) is 0 Å². The Bertz CT molecular complexity index is 1050. The number of nitrogens with zero attached hydrogens (tertiary/aromatic N) is 1. The topological polar surface area (TPSA) is 12.9 Å². The highest BCUT2D eigenvalue weighted by atomic mass is 28.3. The van der Waals surface area contributed by atoms with Gasteiger partial charge in [0, 0.05) is 18.0 Å². The molecule has 1 aliphatic heterocycles. The Morgan fingerprint density at radius 2 is 1.31 bits per heavy atom. The SMILES string of the molecule is Cc1ccc2c(c1)[Si](c1ccccc1)(c1ccccc1)c1ccncc1-2. The van der Waals surface area contributed by atoms with Gasteiger partial charge in [-0.2, -0.15) is 0 Å². The molecular formula is C24H19NSi. The molecule has 0 saturated carbocycles. The van der Waals surface area contributed by atoms with E-state index in [1.165, 1.54) is 37.4 Å². The standard InChI is InChI=1S/C24H19NSi/c1-18-12-13-21-22-17-25-15-14-23(22)26(24(21)16-18,19-8-4-2-5-9-19)20-10-6-3-7-11-20/h2-17H,1H3. The van der Waals surface area contributed by atoms with E-state index in [2.05, 4.69) is 96.8 Å². The van der Waals surface area contributed by atoms with Crippen molar-refractivity contribution in [2.75, 3.05) is 0 Å². The van der Waals surface area contributed by atoms with Crippen LogP contribution in [0.25, 0.3) is 11.1 Å². The van der Waals surface area contributed by atoms with E-state index in [1.54, 1.807) is 0 Å². The molecule has 0 atom stereocenters. The van der Waals surface area contributed by atoms with Gasteiger partial charge < -0.3 is 0 Å². The summed E-state index contributed by atoms with van der Waals surface area (Å²) in [4.78, 5) is 4.45. The Labute approximate surface area is 155 Å². The van der Waals surface area contributed by atoms with Crippen LogP contribution in [-0.2, 0) is 0 Å². The molecule has 0 radical (unpaired) electrons. The maximum Gasteiger partial charge on any atom is 0.180 e. The summed E-state index contributed by atoms with van der Waals surface area (Å²) in [6, 6.07) is 31.3. The molecule has 0 bridgehead atoms. The van der Waals surface area contributed by atoms with Crippen LogP contribution in [0.5, 0.6) is 0 Å². The lowest BCUT2D eigenvalue weighted by Gasteiger charge is -2.31. The molecule has 3 aromatic carbocycles. The molecule has 2 heteroatoms. The lowest BCUT2D eigenvalue weighted by atomic mass is 10.1. The number of fused-ring (bicyclic) bond motifs is 3. The van der Waals surface area contributed by atoms with Crippen LogP contribution < -0.4 is 20.7 Å². The minimum absolute atomic E-state index is 1.29. The van der Waals surface area contributed by atoms with Gasteiger partial charge in [0.05, 0.1) is 0 Å². The Hall–Kier alpha value is -2.97. The summed E-state index contributed by atoms with van der Waals surface area (Å²) in [5.74, 6) is 0. The lowest BCUT2D eigenvalue weighted by Crippen LogP contribution is -2.72. The highest BCUT2D eigenvalue weighted by molar-refractivity contribution is 7.22. The van der Waals surface area contributed by atoms with Crippen molar-refractivity contribution >= 4 is 28.8 Å². The molecular weight excluding hydrogens is 330 g/mol. The Morgan fingerprint density at radius 1 is 0.654 bits per heavy atom. The first-order valence-electron chi connectivity index (χ1n) is 8.99. The molecule has 1 aromatic heterocycles. The van der Waals surface area contributed by atoms with Gasteiger partial charge in [0.15, 0.2) is 8.07 Å². The fourth-order valence-corrected chi connectivity index (χ4v) is 9.70. The van der Waals surface area contributed by atoms with Gasteiger partial charge in [-0.25, -0.2) is 0 Å². The van der Waals surface area contributed by atoms with Crippen molar-refractivity contribution in [3.05, 3.63) is 103 Å². The van der Waals surface area contributed by atoms with Crippen molar-refractivity contribution in [2.24, 2.45) is 0 Å². The van der Waals surface area contributed by atoms with E-state index in [1.807, 2.05) is 12.4 Å². The van der Waals surface area contributed by atoms with Gasteiger partial charge in [0.25, 0.3) is 0 Å². The molecule has 5 rings (SSSR count). The molecule has 1 nitrogen and oxygen atoms in total. The third kappa shape index (κ3) is 1.99. The number of aryl methyl sites for hydroxylation is 1. The first-order chi connectivity index (χ1) is 12.8. The zero-order chi connectivity index (χ0) is 17.6. The van der Waals surface area contributed by atoms with Crippen LogP contribution in [0.3, 0.4) is 0 Å². The molecule has 0 N–H and O–H groups in total. The third-order valence-corrected chi connectivity index (χ3v) is 10.4. The van der Waals surface area contributed by atoms with E-state index in [4.69, 9.17) is 0 Å². The van der Waals surface area contributed by atoms with Crippen molar-refractivity contribution in [3.63, 3.8) is 0 Å². The van der Waals surface area contributed by atoms with Gasteiger partial charge in [-0.1, -0.05) is 84.4 Å². The van der Waals surface area contributed by atoms with Crippen molar-refractivity contribution in [3.8, 4) is 11.1 Å². The van der Waals surface area contributed by atoms with Gasteiger partial charge in [-0.05, 0) is 39.3 Å². The molecule has 0 saturated heterocycles. The first kappa shape index (κ1) is 15.3. The number of rotatable bonds is 2. The van der Waals surface area contributed by atoms with E-state index in [9.17, 15) is 0 Å². The van der Waals surface area contributed by atoms with E-state index in [-0.39, 0.29) is 0 Å². The zero-order valence-electron chi connectivity index (χ0n) is 14.7. The number of benzene rings is 3. The average molecular weight is 350 g/mol. The van der Waals surface area contributed by atoms with Crippen molar-refractivity contribution in [1.82, 2.24) is 4.98 Å². The van der Waals surface area contributed by atoms with Gasteiger partial charge in [0.2, 0.25) is 0 Å². The minimum atomic E-state index is -2.30. The Kier molecular flexibility index (Phi) is 3.40. The smallest absolute Gasteiger partial charge is 0.180 e. The third-order valence-electron chi connectivity index (χ3n) is 5.51. The summed E-state index contributed by atoms with van der Waals surface area (Å²) in [5.41, 5.74) is 3.95. The second kappa shape index (κ2) is 5.79. The van der Waals surface area contributed by atoms with Crippen LogP contribution in [0.1, 0.15) is 5.56 Å². The number of aromatic nitrogens is 1. The predicted molar refractivity (Wildman–Crippen MR) is 112 cm³/mol. The fourth-order valence-electron chi connectivity index (χ4n) is 4.45. The fraction of sp³-hybridized carbons (Fsp3) is 0.0417. The van der Waals surface area contributed by atoms with Gasteiger partial charge >= 0.3 is 0 Å². The molecule has 26 heavy (non-hydrogen) atoms. The van der Waals surface area contributed by atoms with E-state index < -0.39 is 8.07 Å². The summed E-state index contributed by atoms with van der Waals surface area (Å²) in [6.45, 7) is 2.19. The summed E-state index contributed by atoms with van der Waals surface area (Å²) < 4.78 is 0. The molecule has 0 fully saturated rings. The number of hydrogen-bond donors (Lipinski definition) is 0. The molecule has 0 amide bonds. The van der Waals surface area contributed by atoms with Crippen LogP contribution >= 0.6 is 0 Å². The quantitative estimate of drug-likeness (QED) is 0.447. The Balaban J connectivity index is 1.99. The molecule has 0 aliphatic carbocycles. The number of hydrogen-bond acceptors (Lipinski definition) is 1. The van der Waals surface area contributed by atoms with E-state index in [0.717, 1.165) is 0 Å². The summed E-state index contributed by atoms with van der Waals surface area (Å²) >= 11 is 0. The first-order valence-corrected chi connectivity index (χ1v) is 11.0. The summed E-state index contributed by atoms with van der Waals surface area (Å²) in [6.07, 6.45) is 4.00. The van der Waals surface area contributed by atoms with E-state index >= 15 is 0 Å². The van der Waals surface area contributed by atoms with Crippen molar-refractivity contribution < 1.29 is 0 Å². The molecule has 124 valence electrons. The van der Waals surface area contributed by atoms with Crippen LogP contribution in [0, 0.1) is 6.92 Å². The molecule has 4 aromatic rings. The van der Waals surface area contributed by atoms with E-state index in [0.29, 0.717) is 0 Å². The maximum atomic E-state index is 4.45. The normalized spacial score (nSPS) is 13.9. The lowest BCUT2D eigenvalue weighted by molar-refractivity contribution is 1.34. The second-order valence-corrected chi connectivity index (χ2v) is 10.7. The van der Waals surface area contributed by atoms with Crippen LogP contribution in [-0.4, -0.2) is 13.1 Å². The zero-order valence-corrected chi connectivity index (χ0v) is 15.7. The summed E-state index contributed by atoms with van der Waals surface area (Å²) in [7, 11) is -2.30. The van der Waals surface area contributed by atoms with Crippen LogP contribution in [0.4, 0.5) is 0 Å². The van der Waals surface area contributed by atoms with Gasteiger partial charge in [-0.15, -0.1) is 0 Å². The number of pyridine rings is 1. The van der Waals surface area contributed by atoms with Crippen LogP contribution in [0.2, 0.25) is 0 Å². The minimum Gasteiger partial charge on any atom is -0.264 e. The predicted octanol–water partition coefficient (Wildman–Crippen LogP) is 2.75. The molecule has 0 unspecified atom stereocenters.